The maximum absolute atomic E-state index is 12.7. The fourth-order valence-corrected chi connectivity index (χ4v) is 3.22. The van der Waals surface area contributed by atoms with Crippen LogP contribution in [0.25, 0.3) is 10.9 Å². The second-order valence-electron chi connectivity index (χ2n) is 6.22. The highest BCUT2D eigenvalue weighted by atomic mass is 16.5. The molecule has 2 aromatic rings. The van der Waals surface area contributed by atoms with Crippen LogP contribution in [0.4, 0.5) is 0 Å². The molecule has 0 radical (unpaired) electrons. The van der Waals surface area contributed by atoms with Crippen molar-refractivity contribution in [1.29, 1.82) is 0 Å². The lowest BCUT2D eigenvalue weighted by Crippen LogP contribution is -2.49. The molecule has 0 aliphatic heterocycles. The van der Waals surface area contributed by atoms with Gasteiger partial charge in [0.1, 0.15) is 0 Å². The Morgan fingerprint density at radius 1 is 1.27 bits per heavy atom. The molecule has 1 aromatic carbocycles. The van der Waals surface area contributed by atoms with Crippen LogP contribution in [-0.2, 0) is 16.1 Å². The average molecular weight is 298 g/mol. The number of para-hydroxylation sites is 1. The lowest BCUT2D eigenvalue weighted by Gasteiger charge is -2.42. The van der Waals surface area contributed by atoms with Crippen molar-refractivity contribution in [2.24, 2.45) is 5.41 Å². The monoisotopic (exact) mass is 298 g/mol. The summed E-state index contributed by atoms with van der Waals surface area (Å²) in [4.78, 5) is 19.2. The Morgan fingerprint density at radius 3 is 2.73 bits per heavy atom. The third kappa shape index (κ3) is 2.71. The van der Waals surface area contributed by atoms with E-state index in [0.717, 1.165) is 35.9 Å². The van der Waals surface area contributed by atoms with Gasteiger partial charge in [-0.15, -0.1) is 0 Å². The van der Waals surface area contributed by atoms with Gasteiger partial charge >= 0.3 is 0 Å². The summed E-state index contributed by atoms with van der Waals surface area (Å²) in [6.07, 6.45) is 2.96. The fraction of sp³-hybridized carbons (Fsp3) is 0.444. The summed E-state index contributed by atoms with van der Waals surface area (Å²) < 4.78 is 5.27. The number of amides is 1. The first kappa shape index (κ1) is 15.0. The number of pyridine rings is 1. The van der Waals surface area contributed by atoms with E-state index in [1.165, 1.54) is 0 Å². The molecular weight excluding hydrogens is 276 g/mol. The van der Waals surface area contributed by atoms with Gasteiger partial charge in [-0.05, 0) is 25.0 Å². The predicted molar refractivity (Wildman–Crippen MR) is 86.4 cm³/mol. The molecule has 4 nitrogen and oxygen atoms in total. The largest absolute Gasteiger partial charge is 0.384 e. The summed E-state index contributed by atoms with van der Waals surface area (Å²) in [6.45, 7) is 1.05. The van der Waals surface area contributed by atoms with Gasteiger partial charge in [0.05, 0.1) is 29.8 Å². The third-order valence-electron chi connectivity index (χ3n) is 4.59. The van der Waals surface area contributed by atoms with E-state index in [9.17, 15) is 4.79 Å². The minimum atomic E-state index is -0.305. The zero-order valence-corrected chi connectivity index (χ0v) is 13.2. The van der Waals surface area contributed by atoms with Crippen molar-refractivity contribution in [3.63, 3.8) is 0 Å². The van der Waals surface area contributed by atoms with Crippen LogP contribution in [0.3, 0.4) is 0 Å². The molecule has 0 saturated heterocycles. The third-order valence-corrected chi connectivity index (χ3v) is 4.59. The van der Waals surface area contributed by atoms with Crippen molar-refractivity contribution in [2.45, 2.75) is 25.8 Å². The zero-order valence-electron chi connectivity index (χ0n) is 13.2. The topological polar surface area (TPSA) is 42.4 Å². The SMILES string of the molecule is COCC1(C(=O)N(C)Cc2ccc3ccccc3n2)CCC1. The Morgan fingerprint density at radius 2 is 2.05 bits per heavy atom. The van der Waals surface area contributed by atoms with Crippen LogP contribution < -0.4 is 0 Å². The van der Waals surface area contributed by atoms with E-state index >= 15 is 0 Å². The minimum Gasteiger partial charge on any atom is -0.384 e. The highest BCUT2D eigenvalue weighted by Gasteiger charge is 2.45. The Kier molecular flexibility index (Phi) is 4.12. The van der Waals surface area contributed by atoms with E-state index in [1.54, 1.807) is 12.0 Å². The van der Waals surface area contributed by atoms with E-state index in [2.05, 4.69) is 11.1 Å². The molecule has 0 spiro atoms. The van der Waals surface area contributed by atoms with Gasteiger partial charge in [0, 0.05) is 19.5 Å². The number of fused-ring (bicyclic) bond motifs is 1. The lowest BCUT2D eigenvalue weighted by molar-refractivity contribution is -0.151. The van der Waals surface area contributed by atoms with Crippen LogP contribution in [0.2, 0.25) is 0 Å². The molecule has 1 aliphatic rings. The summed E-state index contributed by atoms with van der Waals surface area (Å²) in [5.41, 5.74) is 1.58. The number of aromatic nitrogens is 1. The van der Waals surface area contributed by atoms with Crippen molar-refractivity contribution < 1.29 is 9.53 Å². The van der Waals surface area contributed by atoms with Crippen LogP contribution >= 0.6 is 0 Å². The number of ether oxygens (including phenoxy) is 1. The summed E-state index contributed by atoms with van der Waals surface area (Å²) in [5, 5.41) is 1.12. The van der Waals surface area contributed by atoms with Gasteiger partial charge in [-0.1, -0.05) is 30.7 Å². The van der Waals surface area contributed by atoms with Crippen molar-refractivity contribution in [3.05, 3.63) is 42.1 Å². The molecule has 1 aliphatic carbocycles. The van der Waals surface area contributed by atoms with Crippen LogP contribution in [-0.4, -0.2) is 36.6 Å². The smallest absolute Gasteiger partial charge is 0.231 e. The van der Waals surface area contributed by atoms with E-state index in [0.29, 0.717) is 13.2 Å². The first-order valence-corrected chi connectivity index (χ1v) is 7.74. The first-order valence-electron chi connectivity index (χ1n) is 7.74. The Balaban J connectivity index is 1.74. The Labute approximate surface area is 131 Å². The highest BCUT2D eigenvalue weighted by molar-refractivity contribution is 5.83. The summed E-state index contributed by atoms with van der Waals surface area (Å²) in [7, 11) is 3.52. The predicted octanol–water partition coefficient (Wildman–Crippen LogP) is 3.01. The molecule has 22 heavy (non-hydrogen) atoms. The quantitative estimate of drug-likeness (QED) is 0.852. The van der Waals surface area contributed by atoms with Gasteiger partial charge in [0.15, 0.2) is 0 Å². The zero-order chi connectivity index (χ0) is 15.6. The molecule has 1 aromatic heterocycles. The Hall–Kier alpha value is -1.94. The maximum Gasteiger partial charge on any atom is 0.231 e. The Bertz CT molecular complexity index is 680. The van der Waals surface area contributed by atoms with E-state index in [-0.39, 0.29) is 11.3 Å². The van der Waals surface area contributed by atoms with Gasteiger partial charge in [-0.2, -0.15) is 0 Å². The number of hydrogen-bond donors (Lipinski definition) is 0. The average Bonchev–Trinajstić information content (AvgIpc) is 2.50. The van der Waals surface area contributed by atoms with Crippen LogP contribution in [0.5, 0.6) is 0 Å². The van der Waals surface area contributed by atoms with Crippen molar-refractivity contribution in [3.8, 4) is 0 Å². The number of nitrogens with zero attached hydrogens (tertiary/aromatic N) is 2. The van der Waals surface area contributed by atoms with Crippen LogP contribution in [0, 0.1) is 5.41 Å². The number of carbonyl (C=O) groups is 1. The normalized spacial score (nSPS) is 16.3. The number of methoxy groups -OCH3 is 1. The molecule has 0 unspecified atom stereocenters. The summed E-state index contributed by atoms with van der Waals surface area (Å²) >= 11 is 0. The molecule has 4 heteroatoms. The molecule has 0 atom stereocenters. The van der Waals surface area contributed by atoms with Crippen LogP contribution in [0.15, 0.2) is 36.4 Å². The van der Waals surface area contributed by atoms with E-state index < -0.39 is 0 Å². The minimum absolute atomic E-state index is 0.176. The lowest BCUT2D eigenvalue weighted by atomic mass is 9.68. The molecular formula is C18H22N2O2. The molecule has 1 fully saturated rings. The maximum atomic E-state index is 12.7. The van der Waals surface area contributed by atoms with Gasteiger partial charge in [-0.25, -0.2) is 0 Å². The van der Waals surface area contributed by atoms with Gasteiger partial charge in [-0.3, -0.25) is 9.78 Å². The second-order valence-corrected chi connectivity index (χ2v) is 6.22. The van der Waals surface area contributed by atoms with Crippen molar-refractivity contribution in [2.75, 3.05) is 20.8 Å². The second kappa shape index (κ2) is 6.05. The van der Waals surface area contributed by atoms with Gasteiger partial charge in [0.2, 0.25) is 5.91 Å². The van der Waals surface area contributed by atoms with Crippen LogP contribution in [0.1, 0.15) is 25.0 Å². The number of rotatable bonds is 5. The summed E-state index contributed by atoms with van der Waals surface area (Å²) in [6, 6.07) is 12.1. The first-order chi connectivity index (χ1) is 10.6. The molecule has 3 rings (SSSR count). The highest BCUT2D eigenvalue weighted by Crippen LogP contribution is 2.42. The number of carbonyl (C=O) groups excluding carboxylic acids is 1. The molecule has 1 heterocycles. The van der Waals surface area contributed by atoms with Crippen molar-refractivity contribution >= 4 is 16.8 Å². The van der Waals surface area contributed by atoms with Gasteiger partial charge < -0.3 is 9.64 Å². The fourth-order valence-electron chi connectivity index (χ4n) is 3.22. The standard InChI is InChI=1S/C18H22N2O2/c1-20(17(21)18(13-22-2)10-5-11-18)12-15-9-8-14-6-3-4-7-16(14)19-15/h3-4,6-9H,5,10-13H2,1-2H3. The molecule has 116 valence electrons. The molecule has 0 bridgehead atoms. The van der Waals surface area contributed by atoms with Gasteiger partial charge in [0.25, 0.3) is 0 Å². The van der Waals surface area contributed by atoms with Crippen molar-refractivity contribution in [1.82, 2.24) is 9.88 Å². The number of hydrogen-bond acceptors (Lipinski definition) is 3. The van der Waals surface area contributed by atoms with E-state index in [4.69, 9.17) is 4.74 Å². The molecule has 0 N–H and O–H groups in total. The molecule has 1 saturated carbocycles. The molecule has 1 amide bonds. The summed E-state index contributed by atoms with van der Waals surface area (Å²) in [5.74, 6) is 0.176. The van der Waals surface area contributed by atoms with E-state index in [1.807, 2.05) is 37.4 Å². The number of benzene rings is 1.